The van der Waals surface area contributed by atoms with Crippen LogP contribution in [0, 0.1) is 0 Å². The fraction of sp³-hybridized carbons (Fsp3) is 0.556. The van der Waals surface area contributed by atoms with Crippen LogP contribution in [-0.4, -0.2) is 23.3 Å². The van der Waals surface area contributed by atoms with Gasteiger partial charge in [0.1, 0.15) is 5.60 Å². The van der Waals surface area contributed by atoms with Crippen molar-refractivity contribution in [3.05, 3.63) is 35.0 Å². The van der Waals surface area contributed by atoms with Crippen molar-refractivity contribution >= 4 is 10.9 Å². The van der Waals surface area contributed by atoms with E-state index < -0.39 is 0 Å². The van der Waals surface area contributed by atoms with Gasteiger partial charge in [0.15, 0.2) is 0 Å². The van der Waals surface area contributed by atoms with Crippen molar-refractivity contribution < 1.29 is 9.84 Å². The van der Waals surface area contributed by atoms with Gasteiger partial charge in [0, 0.05) is 23.9 Å². The number of fused-ring (bicyclic) bond motifs is 3. The Labute approximate surface area is 126 Å². The maximum atomic E-state index is 9.52. The molecule has 3 heteroatoms. The molecule has 2 N–H and O–H groups in total. The molecule has 2 aromatic rings. The minimum absolute atomic E-state index is 0.162. The molecule has 0 spiro atoms. The Morgan fingerprint density at radius 1 is 1.29 bits per heavy atom. The van der Waals surface area contributed by atoms with Crippen molar-refractivity contribution in [2.24, 2.45) is 0 Å². The van der Waals surface area contributed by atoms with E-state index in [4.69, 9.17) is 4.74 Å². The summed E-state index contributed by atoms with van der Waals surface area (Å²) >= 11 is 0. The van der Waals surface area contributed by atoms with Gasteiger partial charge in [-0.3, -0.25) is 0 Å². The monoisotopic (exact) mass is 287 g/mol. The van der Waals surface area contributed by atoms with Gasteiger partial charge in [-0.1, -0.05) is 38.5 Å². The number of hydrogen-bond donors (Lipinski definition) is 2. The second kappa shape index (κ2) is 5.82. The molecule has 0 bridgehead atoms. The summed E-state index contributed by atoms with van der Waals surface area (Å²) in [5.74, 6) is 0. The molecule has 1 aromatic carbocycles. The first-order chi connectivity index (χ1) is 10.3. The van der Waals surface area contributed by atoms with Gasteiger partial charge in [-0.15, -0.1) is 0 Å². The highest BCUT2D eigenvalue weighted by Gasteiger charge is 2.39. The molecule has 1 aliphatic heterocycles. The molecule has 114 valence electrons. The van der Waals surface area contributed by atoms with Crippen molar-refractivity contribution in [1.29, 1.82) is 0 Å². The molecule has 0 saturated heterocycles. The SMILES string of the molecule is CCCC1(CCO)OCCc2c1[nH]c1c(CC)cccc21. The molecule has 0 amide bonds. The molecule has 3 nitrogen and oxygen atoms in total. The fourth-order valence-electron chi connectivity index (χ4n) is 3.80. The second-order valence-electron chi connectivity index (χ2n) is 5.99. The van der Waals surface area contributed by atoms with E-state index in [1.807, 2.05) is 0 Å². The number of rotatable bonds is 5. The zero-order valence-corrected chi connectivity index (χ0v) is 13.0. The lowest BCUT2D eigenvalue weighted by atomic mass is 9.85. The van der Waals surface area contributed by atoms with Gasteiger partial charge in [-0.2, -0.15) is 0 Å². The van der Waals surface area contributed by atoms with E-state index in [0.717, 1.165) is 32.3 Å². The molecular weight excluding hydrogens is 262 g/mol. The Hall–Kier alpha value is -1.32. The van der Waals surface area contributed by atoms with Gasteiger partial charge < -0.3 is 14.8 Å². The number of aliphatic hydroxyl groups excluding tert-OH is 1. The Morgan fingerprint density at radius 2 is 2.14 bits per heavy atom. The topological polar surface area (TPSA) is 45.2 Å². The molecule has 0 aliphatic carbocycles. The number of H-pyrrole nitrogens is 1. The Balaban J connectivity index is 2.21. The fourth-order valence-corrected chi connectivity index (χ4v) is 3.80. The number of nitrogens with one attached hydrogen (secondary N) is 1. The molecule has 1 atom stereocenters. The lowest BCUT2D eigenvalue weighted by Gasteiger charge is -2.37. The molecule has 1 aliphatic rings. The van der Waals surface area contributed by atoms with Gasteiger partial charge in [0.2, 0.25) is 0 Å². The highest BCUT2D eigenvalue weighted by molar-refractivity contribution is 5.88. The molecule has 0 saturated carbocycles. The van der Waals surface area contributed by atoms with E-state index in [9.17, 15) is 5.11 Å². The number of benzene rings is 1. The Kier molecular flexibility index (Phi) is 4.05. The number of aliphatic hydroxyl groups is 1. The predicted octanol–water partition coefficient (Wildman–Crippen LogP) is 3.68. The first kappa shape index (κ1) is 14.6. The molecule has 3 rings (SSSR count). The third-order valence-electron chi connectivity index (χ3n) is 4.76. The van der Waals surface area contributed by atoms with Crippen molar-refractivity contribution in [3.8, 4) is 0 Å². The quantitative estimate of drug-likeness (QED) is 0.881. The average Bonchev–Trinajstić information content (AvgIpc) is 2.88. The lowest BCUT2D eigenvalue weighted by Crippen LogP contribution is -2.36. The van der Waals surface area contributed by atoms with Crippen molar-refractivity contribution in [3.63, 3.8) is 0 Å². The van der Waals surface area contributed by atoms with Crippen LogP contribution in [-0.2, 0) is 23.2 Å². The summed E-state index contributed by atoms with van der Waals surface area (Å²) in [6, 6.07) is 6.56. The van der Waals surface area contributed by atoms with Crippen LogP contribution in [0.25, 0.3) is 10.9 Å². The maximum absolute atomic E-state index is 9.52. The van der Waals surface area contributed by atoms with Crippen molar-refractivity contribution in [2.45, 2.75) is 51.6 Å². The van der Waals surface area contributed by atoms with Crippen molar-refractivity contribution in [1.82, 2.24) is 4.98 Å². The van der Waals surface area contributed by atoms with Crippen LogP contribution in [0.5, 0.6) is 0 Å². The summed E-state index contributed by atoms with van der Waals surface area (Å²) in [6.45, 7) is 5.28. The van der Waals surface area contributed by atoms with E-state index in [0.29, 0.717) is 6.42 Å². The second-order valence-corrected chi connectivity index (χ2v) is 5.99. The molecule has 1 aromatic heterocycles. The predicted molar refractivity (Wildman–Crippen MR) is 85.6 cm³/mol. The van der Waals surface area contributed by atoms with Crippen LogP contribution in [0.4, 0.5) is 0 Å². The summed E-state index contributed by atoms with van der Waals surface area (Å²) < 4.78 is 6.18. The van der Waals surface area contributed by atoms with Crippen LogP contribution in [0.1, 0.15) is 49.9 Å². The third kappa shape index (κ3) is 2.29. The largest absolute Gasteiger partial charge is 0.396 e. The molecule has 21 heavy (non-hydrogen) atoms. The molecule has 0 radical (unpaired) electrons. The maximum Gasteiger partial charge on any atom is 0.110 e. The van der Waals surface area contributed by atoms with Gasteiger partial charge >= 0.3 is 0 Å². The van der Waals surface area contributed by atoms with Crippen LogP contribution >= 0.6 is 0 Å². The normalized spacial score (nSPS) is 21.7. The smallest absolute Gasteiger partial charge is 0.110 e. The zero-order valence-electron chi connectivity index (χ0n) is 13.0. The van der Waals surface area contributed by atoms with E-state index in [-0.39, 0.29) is 12.2 Å². The molecular formula is C18H25NO2. The standard InChI is InChI=1S/C18H25NO2/c1-3-9-18(10-11-20)17-15(8-12-21-18)14-7-5-6-13(4-2)16(14)19-17/h5-7,19-20H,3-4,8-12H2,1-2H3. The third-order valence-corrected chi connectivity index (χ3v) is 4.76. The Morgan fingerprint density at radius 3 is 2.86 bits per heavy atom. The van der Waals surface area contributed by atoms with E-state index in [1.165, 1.54) is 27.7 Å². The van der Waals surface area contributed by atoms with E-state index in [2.05, 4.69) is 37.0 Å². The minimum atomic E-state index is -0.332. The van der Waals surface area contributed by atoms with Crippen LogP contribution < -0.4 is 0 Å². The number of para-hydroxylation sites is 1. The van der Waals surface area contributed by atoms with Crippen molar-refractivity contribution in [2.75, 3.05) is 13.2 Å². The molecule has 2 heterocycles. The summed E-state index contributed by atoms with van der Waals surface area (Å²) in [7, 11) is 0. The first-order valence-corrected chi connectivity index (χ1v) is 8.13. The Bertz CT molecular complexity index is 623. The van der Waals surface area contributed by atoms with Crippen LogP contribution in [0.15, 0.2) is 18.2 Å². The van der Waals surface area contributed by atoms with E-state index in [1.54, 1.807) is 0 Å². The van der Waals surface area contributed by atoms with Crippen LogP contribution in [0.3, 0.4) is 0 Å². The van der Waals surface area contributed by atoms with Gasteiger partial charge in [0.05, 0.1) is 12.3 Å². The summed E-state index contributed by atoms with van der Waals surface area (Å²) in [4.78, 5) is 3.66. The van der Waals surface area contributed by atoms with Gasteiger partial charge in [0.25, 0.3) is 0 Å². The lowest BCUT2D eigenvalue weighted by molar-refractivity contribution is -0.0830. The number of aromatic nitrogens is 1. The summed E-state index contributed by atoms with van der Waals surface area (Å²) in [5, 5.41) is 10.9. The highest BCUT2D eigenvalue weighted by Crippen LogP contribution is 2.42. The van der Waals surface area contributed by atoms with Crippen LogP contribution in [0.2, 0.25) is 0 Å². The summed E-state index contributed by atoms with van der Waals surface area (Å²) in [5.41, 5.74) is 4.89. The van der Waals surface area contributed by atoms with E-state index >= 15 is 0 Å². The first-order valence-electron chi connectivity index (χ1n) is 8.13. The molecule has 0 fully saturated rings. The van der Waals surface area contributed by atoms with Gasteiger partial charge in [-0.25, -0.2) is 0 Å². The van der Waals surface area contributed by atoms with Gasteiger partial charge in [-0.05, 0) is 30.4 Å². The zero-order chi connectivity index (χ0) is 14.9. The number of hydrogen-bond acceptors (Lipinski definition) is 2. The average molecular weight is 287 g/mol. The number of aromatic amines is 1. The minimum Gasteiger partial charge on any atom is -0.396 e. The number of aryl methyl sites for hydroxylation is 1. The number of ether oxygens (including phenoxy) is 1. The summed E-state index contributed by atoms with van der Waals surface area (Å²) in [6.07, 6.45) is 4.66. The molecule has 1 unspecified atom stereocenters. The highest BCUT2D eigenvalue weighted by atomic mass is 16.5.